The van der Waals surface area contributed by atoms with E-state index in [2.05, 4.69) is 10.3 Å². The van der Waals surface area contributed by atoms with Crippen LogP contribution in [0.1, 0.15) is 11.1 Å². The summed E-state index contributed by atoms with van der Waals surface area (Å²) >= 11 is 0.972. The van der Waals surface area contributed by atoms with Gasteiger partial charge in [-0.2, -0.15) is 17.5 Å². The highest BCUT2D eigenvalue weighted by molar-refractivity contribution is 7.99. The maximum atomic E-state index is 12.9. The van der Waals surface area contributed by atoms with Crippen LogP contribution in [-0.2, 0) is 25.7 Å². The quantitative estimate of drug-likeness (QED) is 0.646. The van der Waals surface area contributed by atoms with Gasteiger partial charge in [0, 0.05) is 25.0 Å². The minimum atomic E-state index is -4.47. The van der Waals surface area contributed by atoms with Gasteiger partial charge in [-0.25, -0.2) is 13.4 Å². The van der Waals surface area contributed by atoms with Crippen molar-refractivity contribution in [2.75, 3.05) is 37.4 Å². The van der Waals surface area contributed by atoms with E-state index >= 15 is 0 Å². The number of carbonyl (C=O) groups excluding carboxylic acids is 1. The molecule has 12 heteroatoms. The first kappa shape index (κ1) is 23.5. The fourth-order valence-corrected chi connectivity index (χ4v) is 5.15. The van der Waals surface area contributed by atoms with Gasteiger partial charge < -0.3 is 10.1 Å². The van der Waals surface area contributed by atoms with E-state index in [1.54, 1.807) is 19.1 Å². The Morgan fingerprint density at radius 2 is 1.94 bits per heavy atom. The fraction of sp³-hybridized carbons (Fsp3) is 0.368. The Bertz CT molecular complexity index is 1040. The zero-order valence-electron chi connectivity index (χ0n) is 16.5. The largest absolute Gasteiger partial charge is 0.417 e. The predicted octanol–water partition coefficient (Wildman–Crippen LogP) is 3.16. The summed E-state index contributed by atoms with van der Waals surface area (Å²) in [6.07, 6.45) is -3.76. The normalized spacial score (nSPS) is 15.6. The minimum absolute atomic E-state index is 0.0994. The molecule has 0 spiro atoms. The number of hydrogen-bond acceptors (Lipinski definition) is 6. The van der Waals surface area contributed by atoms with Crippen LogP contribution in [-0.4, -0.2) is 55.7 Å². The Hall–Kier alpha value is -2.15. The first-order valence-corrected chi connectivity index (χ1v) is 11.6. The van der Waals surface area contributed by atoms with Crippen molar-refractivity contribution in [1.82, 2.24) is 9.29 Å². The summed E-state index contributed by atoms with van der Waals surface area (Å²) in [5, 5.41) is 2.88. The second kappa shape index (κ2) is 9.55. The number of amides is 1. The topological polar surface area (TPSA) is 88.6 Å². The molecule has 3 rings (SSSR count). The SMILES string of the molecule is Cc1ccc(NC(=O)CSc2ccc(C(F)(F)F)cn2)cc1S(=O)(=O)N1CCOCC1. The number of sulfonamides is 1. The Morgan fingerprint density at radius 1 is 1.23 bits per heavy atom. The molecule has 2 heterocycles. The van der Waals surface area contributed by atoms with Crippen molar-refractivity contribution in [2.45, 2.75) is 23.0 Å². The number of benzene rings is 1. The second-order valence-electron chi connectivity index (χ2n) is 6.72. The number of nitrogens with one attached hydrogen (secondary N) is 1. The molecule has 1 aliphatic heterocycles. The maximum absolute atomic E-state index is 12.9. The summed E-state index contributed by atoms with van der Waals surface area (Å²) in [6.45, 7) is 2.84. The first-order valence-electron chi connectivity index (χ1n) is 9.22. The van der Waals surface area contributed by atoms with Crippen molar-refractivity contribution < 1.29 is 31.1 Å². The average molecular weight is 476 g/mol. The molecule has 168 valence electrons. The number of nitrogens with zero attached hydrogens (tertiary/aromatic N) is 2. The van der Waals surface area contributed by atoms with Crippen molar-refractivity contribution in [3.63, 3.8) is 0 Å². The van der Waals surface area contributed by atoms with Gasteiger partial charge in [-0.05, 0) is 36.8 Å². The van der Waals surface area contributed by atoms with Crippen LogP contribution in [0.15, 0.2) is 46.5 Å². The fourth-order valence-electron chi connectivity index (χ4n) is 2.85. The number of aryl methyl sites for hydroxylation is 1. The van der Waals surface area contributed by atoms with Crippen molar-refractivity contribution in [3.8, 4) is 0 Å². The van der Waals surface area contributed by atoms with Gasteiger partial charge in [-0.3, -0.25) is 4.79 Å². The molecule has 0 saturated carbocycles. The second-order valence-corrected chi connectivity index (χ2v) is 9.62. The zero-order chi connectivity index (χ0) is 22.6. The number of halogens is 3. The molecule has 0 radical (unpaired) electrons. The number of carbonyl (C=O) groups is 1. The highest BCUT2D eigenvalue weighted by Crippen LogP contribution is 2.29. The van der Waals surface area contributed by atoms with Crippen LogP contribution in [0, 0.1) is 6.92 Å². The van der Waals surface area contributed by atoms with E-state index in [9.17, 15) is 26.4 Å². The molecule has 1 aromatic heterocycles. The van der Waals surface area contributed by atoms with E-state index in [1.807, 2.05) is 0 Å². The minimum Gasteiger partial charge on any atom is -0.379 e. The average Bonchev–Trinajstić information content (AvgIpc) is 2.74. The van der Waals surface area contributed by atoms with E-state index in [0.29, 0.717) is 30.7 Å². The molecule has 0 aliphatic carbocycles. The van der Waals surface area contributed by atoms with E-state index < -0.39 is 27.7 Å². The van der Waals surface area contributed by atoms with Crippen molar-refractivity contribution in [1.29, 1.82) is 0 Å². The number of pyridine rings is 1. The molecule has 0 bridgehead atoms. The lowest BCUT2D eigenvalue weighted by atomic mass is 10.2. The van der Waals surface area contributed by atoms with Crippen LogP contribution in [0.2, 0.25) is 0 Å². The number of morpholine rings is 1. The molecule has 2 aromatic rings. The molecule has 0 unspecified atom stereocenters. The molecule has 1 saturated heterocycles. The lowest BCUT2D eigenvalue weighted by Gasteiger charge is -2.26. The van der Waals surface area contributed by atoms with Gasteiger partial charge in [0.25, 0.3) is 0 Å². The summed E-state index contributed by atoms with van der Waals surface area (Å²) in [7, 11) is -3.73. The van der Waals surface area contributed by atoms with Crippen LogP contribution >= 0.6 is 11.8 Å². The lowest BCUT2D eigenvalue weighted by Crippen LogP contribution is -2.40. The molecule has 7 nitrogen and oxygen atoms in total. The number of hydrogen-bond donors (Lipinski definition) is 1. The molecule has 1 amide bonds. The lowest BCUT2D eigenvalue weighted by molar-refractivity contribution is -0.137. The third-order valence-electron chi connectivity index (χ3n) is 4.47. The number of anilines is 1. The number of ether oxygens (including phenoxy) is 1. The van der Waals surface area contributed by atoms with E-state index in [-0.39, 0.29) is 28.8 Å². The Morgan fingerprint density at radius 3 is 2.55 bits per heavy atom. The van der Waals surface area contributed by atoms with Crippen LogP contribution in [0.3, 0.4) is 0 Å². The van der Waals surface area contributed by atoms with Gasteiger partial charge in [0.2, 0.25) is 15.9 Å². The number of aromatic nitrogens is 1. The maximum Gasteiger partial charge on any atom is 0.417 e. The number of rotatable bonds is 6. The summed E-state index contributed by atoms with van der Waals surface area (Å²) in [6, 6.07) is 6.69. The molecular formula is C19H20F3N3O4S2. The zero-order valence-corrected chi connectivity index (χ0v) is 18.1. The predicted molar refractivity (Wildman–Crippen MR) is 109 cm³/mol. The molecular weight excluding hydrogens is 455 g/mol. The molecule has 1 aromatic carbocycles. The van der Waals surface area contributed by atoms with E-state index in [4.69, 9.17) is 4.74 Å². The molecule has 1 fully saturated rings. The van der Waals surface area contributed by atoms with Gasteiger partial charge in [0.1, 0.15) is 0 Å². The monoisotopic (exact) mass is 475 g/mol. The van der Waals surface area contributed by atoms with Crippen molar-refractivity contribution in [2.24, 2.45) is 0 Å². The molecule has 1 N–H and O–H groups in total. The van der Waals surface area contributed by atoms with Crippen LogP contribution < -0.4 is 5.32 Å². The Kier molecular flexibility index (Phi) is 7.24. The Labute approximate surface area is 182 Å². The Balaban J connectivity index is 1.64. The molecule has 0 atom stereocenters. The van der Waals surface area contributed by atoms with Crippen molar-refractivity contribution >= 4 is 33.4 Å². The summed E-state index contributed by atoms with van der Waals surface area (Å²) in [5.41, 5.74) is -0.00815. The van der Waals surface area contributed by atoms with Gasteiger partial charge in [-0.1, -0.05) is 17.8 Å². The van der Waals surface area contributed by atoms with Gasteiger partial charge in [0.05, 0.1) is 34.5 Å². The third-order valence-corrected chi connectivity index (χ3v) is 7.46. The summed E-state index contributed by atoms with van der Waals surface area (Å²) in [4.78, 5) is 16.0. The third kappa shape index (κ3) is 5.97. The van der Waals surface area contributed by atoms with Crippen molar-refractivity contribution in [3.05, 3.63) is 47.7 Å². The summed E-state index contributed by atoms with van der Waals surface area (Å²) < 4.78 is 70.1. The molecule has 1 aliphatic rings. The summed E-state index contributed by atoms with van der Waals surface area (Å²) in [5.74, 6) is -0.539. The first-order chi connectivity index (χ1) is 14.6. The standard InChI is InChI=1S/C19H20F3N3O4S2/c1-13-2-4-15(10-16(13)31(27,28)25-6-8-29-9-7-25)24-17(26)12-30-18-5-3-14(11-23-18)19(20,21)22/h2-5,10-11H,6-9,12H2,1H3,(H,24,26). The smallest absolute Gasteiger partial charge is 0.379 e. The number of alkyl halides is 3. The van der Waals surface area contributed by atoms with Crippen LogP contribution in [0.5, 0.6) is 0 Å². The van der Waals surface area contributed by atoms with E-state index in [1.165, 1.54) is 16.4 Å². The highest BCUT2D eigenvalue weighted by atomic mass is 32.2. The van der Waals surface area contributed by atoms with Crippen LogP contribution in [0.25, 0.3) is 0 Å². The van der Waals surface area contributed by atoms with Gasteiger partial charge in [0.15, 0.2) is 0 Å². The number of thioether (sulfide) groups is 1. The van der Waals surface area contributed by atoms with E-state index in [0.717, 1.165) is 17.8 Å². The van der Waals surface area contributed by atoms with Gasteiger partial charge in [-0.15, -0.1) is 0 Å². The molecule has 31 heavy (non-hydrogen) atoms. The highest BCUT2D eigenvalue weighted by Gasteiger charge is 2.31. The van der Waals surface area contributed by atoms with Crippen LogP contribution in [0.4, 0.5) is 18.9 Å². The van der Waals surface area contributed by atoms with Gasteiger partial charge >= 0.3 is 6.18 Å².